The van der Waals surface area contributed by atoms with Crippen LogP contribution in [0.2, 0.25) is 0 Å². The molecule has 0 bridgehead atoms. The summed E-state index contributed by atoms with van der Waals surface area (Å²) in [6.07, 6.45) is 6.42. The highest BCUT2D eigenvalue weighted by molar-refractivity contribution is 7.94. The van der Waals surface area contributed by atoms with Gasteiger partial charge >= 0.3 is 0 Å². The van der Waals surface area contributed by atoms with Crippen molar-refractivity contribution in [3.8, 4) is 0 Å². The average Bonchev–Trinajstić information content (AvgIpc) is 2.57. The van der Waals surface area contributed by atoms with Crippen LogP contribution in [0.4, 0.5) is 17.3 Å². The number of benzene rings is 1. The third-order valence-electron chi connectivity index (χ3n) is 2.68. The highest BCUT2D eigenvalue weighted by atomic mass is 32.2. The van der Waals surface area contributed by atoms with Crippen molar-refractivity contribution in [1.29, 1.82) is 0 Å². The molecule has 0 radical (unpaired) electrons. The van der Waals surface area contributed by atoms with Crippen LogP contribution in [0.25, 0.3) is 4.72 Å². The molecular weight excluding hydrogens is 328 g/mol. The minimum atomic E-state index is -3.79. The number of nitrogens with zero attached hydrogens (tertiary/aromatic N) is 3. The molecule has 3 rings (SSSR count). The van der Waals surface area contributed by atoms with E-state index in [1.807, 2.05) is 0 Å². The van der Waals surface area contributed by atoms with Crippen LogP contribution in [0.1, 0.15) is 0 Å². The van der Waals surface area contributed by atoms with Crippen LogP contribution in [0.15, 0.2) is 72.1 Å². The number of H-pyrrole nitrogens is 1. The molecule has 5 N–H and O–H groups in total. The molecule has 24 heavy (non-hydrogen) atoms. The standard InChI is InChI=1S/C10H9N4O2S.C5H6N2/c11-8-2-4-9(5-3-8)17(15,16)14-10-12-6-1-7-13-10;6-5-1-3-7-4-2-5/h1-7H,11H2;1-4H,(H2,6,7)/q-1;/p+1. The second-order valence-electron chi connectivity index (χ2n) is 4.52. The number of rotatable bonds is 3. The fourth-order valence-corrected chi connectivity index (χ4v) is 2.43. The number of hydrogen-bond acceptors (Lipinski definition) is 6. The van der Waals surface area contributed by atoms with E-state index in [0.717, 1.165) is 5.69 Å². The number of hydrogen-bond donors (Lipinski definition) is 2. The fraction of sp³-hybridized carbons (Fsp3) is 0. The topological polar surface area (TPSA) is 140 Å². The number of sulfonamides is 1. The first-order valence-corrected chi connectivity index (χ1v) is 8.23. The highest BCUT2D eigenvalue weighted by Gasteiger charge is 2.10. The first-order chi connectivity index (χ1) is 11.5. The quantitative estimate of drug-likeness (QED) is 0.690. The number of aromatic amines is 1. The maximum absolute atomic E-state index is 11.8. The summed E-state index contributed by atoms with van der Waals surface area (Å²) in [5.41, 5.74) is 12.1. The van der Waals surface area contributed by atoms with Crippen LogP contribution >= 0.6 is 0 Å². The fourth-order valence-electron chi connectivity index (χ4n) is 1.54. The monoisotopic (exact) mass is 344 g/mol. The Morgan fingerprint density at radius 2 is 1.42 bits per heavy atom. The molecule has 0 amide bonds. The molecule has 9 heteroatoms. The lowest BCUT2D eigenvalue weighted by Crippen LogP contribution is -1.99. The van der Waals surface area contributed by atoms with Crippen LogP contribution in [0.3, 0.4) is 0 Å². The van der Waals surface area contributed by atoms with Crippen LogP contribution in [-0.4, -0.2) is 18.4 Å². The van der Waals surface area contributed by atoms with Crippen molar-refractivity contribution in [2.24, 2.45) is 0 Å². The van der Waals surface area contributed by atoms with Gasteiger partial charge in [0.15, 0.2) is 12.4 Å². The minimum absolute atomic E-state index is 0.0548. The van der Waals surface area contributed by atoms with Crippen LogP contribution in [0.5, 0.6) is 0 Å². The van der Waals surface area contributed by atoms with Gasteiger partial charge in [-0.05, 0) is 36.7 Å². The van der Waals surface area contributed by atoms with E-state index in [1.54, 1.807) is 30.6 Å². The summed E-state index contributed by atoms with van der Waals surface area (Å²) in [5.74, 6) is -0.0932. The van der Waals surface area contributed by atoms with E-state index in [9.17, 15) is 8.42 Å². The van der Waals surface area contributed by atoms with E-state index in [4.69, 9.17) is 11.5 Å². The molecule has 0 aliphatic carbocycles. The van der Waals surface area contributed by atoms with Crippen molar-refractivity contribution in [3.05, 3.63) is 72.0 Å². The molecule has 8 nitrogen and oxygen atoms in total. The van der Waals surface area contributed by atoms with Gasteiger partial charge in [0.1, 0.15) is 0 Å². The summed E-state index contributed by atoms with van der Waals surface area (Å²) in [7, 11) is -3.79. The summed E-state index contributed by atoms with van der Waals surface area (Å²) in [6, 6.07) is 10.9. The van der Waals surface area contributed by atoms with Crippen molar-refractivity contribution in [3.63, 3.8) is 0 Å². The second kappa shape index (κ2) is 7.88. The molecule has 0 aliphatic rings. The van der Waals surface area contributed by atoms with Gasteiger partial charge < -0.3 is 21.4 Å². The summed E-state index contributed by atoms with van der Waals surface area (Å²) in [4.78, 5) is 10.4. The minimum Gasteiger partial charge on any atom is -0.399 e. The van der Waals surface area contributed by atoms with E-state index < -0.39 is 10.0 Å². The number of pyridine rings is 1. The lowest BCUT2D eigenvalue weighted by Gasteiger charge is -2.11. The predicted molar refractivity (Wildman–Crippen MR) is 90.5 cm³/mol. The highest BCUT2D eigenvalue weighted by Crippen LogP contribution is 2.23. The molecule has 0 unspecified atom stereocenters. The number of nitrogen functional groups attached to an aromatic ring is 2. The SMILES string of the molecule is Nc1cc[nH+]cc1.Nc1ccc(S(=O)(=O)[N-]c2ncccn2)cc1. The van der Waals surface area contributed by atoms with Crippen molar-refractivity contribution in [2.45, 2.75) is 4.90 Å². The molecule has 0 saturated carbocycles. The third kappa shape index (κ3) is 5.21. The largest absolute Gasteiger partial charge is 0.399 e. The van der Waals surface area contributed by atoms with Crippen LogP contribution < -0.4 is 16.5 Å². The summed E-state index contributed by atoms with van der Waals surface area (Å²) >= 11 is 0. The van der Waals surface area contributed by atoms with Gasteiger partial charge in [0.05, 0.1) is 4.90 Å². The first-order valence-electron chi connectivity index (χ1n) is 6.79. The Labute approximate surface area is 139 Å². The average molecular weight is 344 g/mol. The Morgan fingerprint density at radius 1 is 0.875 bits per heavy atom. The van der Waals surface area contributed by atoms with Crippen molar-refractivity contribution in [2.75, 3.05) is 11.5 Å². The Balaban J connectivity index is 0.000000249. The number of anilines is 2. The summed E-state index contributed by atoms with van der Waals surface area (Å²) in [5, 5.41) is 0. The van der Waals surface area contributed by atoms with Gasteiger partial charge in [0.2, 0.25) is 10.0 Å². The zero-order valence-electron chi connectivity index (χ0n) is 12.6. The van der Waals surface area contributed by atoms with E-state index in [0.29, 0.717) is 5.69 Å². The van der Waals surface area contributed by atoms with Gasteiger partial charge in [-0.15, -0.1) is 0 Å². The van der Waals surface area contributed by atoms with Gasteiger partial charge in [-0.2, -0.15) is 0 Å². The second-order valence-corrected chi connectivity index (χ2v) is 6.12. The number of nitrogens with two attached hydrogens (primary N) is 2. The summed E-state index contributed by atoms with van der Waals surface area (Å²) in [6.45, 7) is 0. The molecule has 2 aromatic heterocycles. The molecule has 0 aliphatic heterocycles. The van der Waals surface area contributed by atoms with Crippen molar-refractivity contribution in [1.82, 2.24) is 9.97 Å². The Hall–Kier alpha value is -3.20. The van der Waals surface area contributed by atoms with E-state index >= 15 is 0 Å². The number of aromatic nitrogens is 3. The normalized spacial score (nSPS) is 10.3. The van der Waals surface area contributed by atoms with Crippen LogP contribution in [0, 0.1) is 0 Å². The van der Waals surface area contributed by atoms with Gasteiger partial charge in [-0.1, -0.05) is 6.07 Å². The molecule has 1 aromatic carbocycles. The molecule has 0 fully saturated rings. The smallest absolute Gasteiger partial charge is 0.229 e. The lowest BCUT2D eigenvalue weighted by atomic mass is 10.3. The molecule has 0 saturated heterocycles. The molecule has 2 heterocycles. The Bertz CT molecular complexity index is 855. The maximum Gasteiger partial charge on any atom is 0.229 e. The van der Waals surface area contributed by atoms with E-state index in [1.165, 1.54) is 36.7 Å². The zero-order valence-corrected chi connectivity index (χ0v) is 13.4. The van der Waals surface area contributed by atoms with Gasteiger partial charge in [-0.3, -0.25) is 4.72 Å². The molecule has 124 valence electrons. The van der Waals surface area contributed by atoms with Gasteiger partial charge in [0.25, 0.3) is 0 Å². The van der Waals surface area contributed by atoms with E-state index in [2.05, 4.69) is 19.7 Å². The lowest BCUT2D eigenvalue weighted by molar-refractivity contribution is -0.377. The molecule has 3 aromatic rings. The Morgan fingerprint density at radius 3 is 1.92 bits per heavy atom. The summed E-state index contributed by atoms with van der Waals surface area (Å²) < 4.78 is 27.2. The first kappa shape index (κ1) is 17.2. The maximum atomic E-state index is 11.8. The predicted octanol–water partition coefficient (Wildman–Crippen LogP) is 1.54. The van der Waals surface area contributed by atoms with E-state index in [-0.39, 0.29) is 10.8 Å². The van der Waals surface area contributed by atoms with Crippen molar-refractivity contribution < 1.29 is 13.4 Å². The van der Waals surface area contributed by atoms with Crippen LogP contribution in [-0.2, 0) is 10.0 Å². The molecule has 0 atom stereocenters. The molecule has 0 spiro atoms. The van der Waals surface area contributed by atoms with Crippen molar-refractivity contribution >= 4 is 27.3 Å². The number of nitrogens with one attached hydrogen (secondary N) is 1. The van der Waals surface area contributed by atoms with Gasteiger partial charge in [-0.25, -0.2) is 13.4 Å². The third-order valence-corrected chi connectivity index (χ3v) is 3.95. The Kier molecular flexibility index (Phi) is 5.63. The zero-order chi connectivity index (χ0) is 17.4. The molecular formula is C15H16N6O2S. The van der Waals surface area contributed by atoms with Gasteiger partial charge in [0, 0.05) is 29.5 Å².